The first-order chi connectivity index (χ1) is 12.2. The van der Waals surface area contributed by atoms with Crippen molar-refractivity contribution < 1.29 is 14.1 Å². The molecule has 7 nitrogen and oxygen atoms in total. The maximum absolute atomic E-state index is 10.9. The van der Waals surface area contributed by atoms with E-state index in [1.54, 1.807) is 0 Å². The third-order valence-electron chi connectivity index (χ3n) is 4.71. The van der Waals surface area contributed by atoms with E-state index in [0.29, 0.717) is 11.7 Å². The van der Waals surface area contributed by atoms with Crippen LogP contribution in [0.5, 0.6) is 5.75 Å². The van der Waals surface area contributed by atoms with Crippen LogP contribution < -0.4 is 10.5 Å². The van der Waals surface area contributed by atoms with Crippen LogP contribution >= 0.6 is 0 Å². The molecule has 1 aromatic heterocycles. The van der Waals surface area contributed by atoms with Gasteiger partial charge in [-0.15, -0.1) is 0 Å². The van der Waals surface area contributed by atoms with Crippen LogP contribution in [-0.2, 0) is 11.3 Å². The fraction of sp³-hybridized carbons (Fsp3) is 0.500. The lowest BCUT2D eigenvalue weighted by atomic mass is 10.1. The summed E-state index contributed by atoms with van der Waals surface area (Å²) >= 11 is 0. The molecule has 132 valence electrons. The van der Waals surface area contributed by atoms with Crippen molar-refractivity contribution in [2.75, 3.05) is 13.2 Å². The number of rotatable bonds is 7. The molecule has 0 radical (unpaired) electrons. The summed E-state index contributed by atoms with van der Waals surface area (Å²) < 4.78 is 10.8. The zero-order valence-corrected chi connectivity index (χ0v) is 14.1. The average Bonchev–Trinajstić information content (AvgIpc) is 3.15. The molecule has 2 N–H and O–H groups in total. The van der Waals surface area contributed by atoms with Gasteiger partial charge in [-0.1, -0.05) is 17.3 Å². The average molecular weight is 342 g/mol. The Kier molecular flexibility index (Phi) is 4.40. The van der Waals surface area contributed by atoms with Crippen molar-refractivity contribution in [1.29, 1.82) is 0 Å². The number of primary amides is 1. The predicted molar refractivity (Wildman–Crippen MR) is 89.8 cm³/mol. The van der Waals surface area contributed by atoms with E-state index in [0.717, 1.165) is 56.1 Å². The van der Waals surface area contributed by atoms with Crippen LogP contribution in [0.1, 0.15) is 54.9 Å². The first-order valence-corrected chi connectivity index (χ1v) is 8.76. The Balaban J connectivity index is 1.43. The van der Waals surface area contributed by atoms with Crippen LogP contribution in [0.15, 0.2) is 28.8 Å². The monoisotopic (exact) mass is 342 g/mol. The Labute approximate surface area is 146 Å². The fourth-order valence-corrected chi connectivity index (χ4v) is 3.31. The summed E-state index contributed by atoms with van der Waals surface area (Å²) in [5.41, 5.74) is 6.25. The molecular weight excluding hydrogens is 320 g/mol. The Hall–Kier alpha value is -2.41. The number of carbonyl (C=O) groups is 1. The van der Waals surface area contributed by atoms with Gasteiger partial charge in [-0.2, -0.15) is 4.98 Å². The van der Waals surface area contributed by atoms with Crippen molar-refractivity contribution >= 4 is 5.91 Å². The molecule has 4 rings (SSSR count). The van der Waals surface area contributed by atoms with E-state index in [9.17, 15) is 4.79 Å². The SMILES string of the molecule is NC(=O)COc1cccc(CN2CCC[C@H]2c2noc(C3CC3)n2)c1. The van der Waals surface area contributed by atoms with Gasteiger partial charge in [0.25, 0.3) is 5.91 Å². The topological polar surface area (TPSA) is 94.5 Å². The van der Waals surface area contributed by atoms with Crippen LogP contribution in [0.25, 0.3) is 0 Å². The van der Waals surface area contributed by atoms with E-state index in [2.05, 4.69) is 21.1 Å². The molecule has 0 spiro atoms. The first kappa shape index (κ1) is 16.1. The number of hydrogen-bond acceptors (Lipinski definition) is 6. The molecule has 2 aromatic rings. The fourth-order valence-electron chi connectivity index (χ4n) is 3.31. The summed E-state index contributed by atoms with van der Waals surface area (Å²) in [5, 5.41) is 4.21. The van der Waals surface area contributed by atoms with Crippen molar-refractivity contribution in [1.82, 2.24) is 15.0 Å². The molecule has 2 aliphatic rings. The van der Waals surface area contributed by atoms with Gasteiger partial charge in [0, 0.05) is 12.5 Å². The summed E-state index contributed by atoms with van der Waals surface area (Å²) in [4.78, 5) is 17.8. The molecule has 1 saturated carbocycles. The Bertz CT molecular complexity index is 756. The number of likely N-dealkylation sites (tertiary alicyclic amines) is 1. The normalized spacial score (nSPS) is 20.7. The molecular formula is C18H22N4O3. The minimum Gasteiger partial charge on any atom is -0.484 e. The van der Waals surface area contributed by atoms with Gasteiger partial charge in [-0.3, -0.25) is 9.69 Å². The largest absolute Gasteiger partial charge is 0.484 e. The lowest BCUT2D eigenvalue weighted by Crippen LogP contribution is -2.23. The van der Waals surface area contributed by atoms with Gasteiger partial charge in [0.15, 0.2) is 12.4 Å². The summed E-state index contributed by atoms with van der Waals surface area (Å²) in [7, 11) is 0. The lowest BCUT2D eigenvalue weighted by Gasteiger charge is -2.22. The molecule has 2 fully saturated rings. The zero-order valence-electron chi connectivity index (χ0n) is 14.1. The van der Waals surface area contributed by atoms with E-state index in [4.69, 9.17) is 15.0 Å². The molecule has 1 aromatic carbocycles. The number of hydrogen-bond donors (Lipinski definition) is 1. The van der Waals surface area contributed by atoms with Crippen molar-refractivity contribution in [3.05, 3.63) is 41.5 Å². The van der Waals surface area contributed by atoms with Crippen molar-refractivity contribution in [3.8, 4) is 5.75 Å². The summed E-state index contributed by atoms with van der Waals surface area (Å²) in [5.74, 6) is 2.26. The van der Waals surface area contributed by atoms with Crippen LogP contribution in [0, 0.1) is 0 Å². The predicted octanol–water partition coefficient (Wildman–Crippen LogP) is 2.15. The Morgan fingerprint density at radius 2 is 2.24 bits per heavy atom. The third-order valence-corrected chi connectivity index (χ3v) is 4.71. The number of aromatic nitrogens is 2. The highest BCUT2D eigenvalue weighted by molar-refractivity contribution is 5.75. The number of nitrogens with two attached hydrogens (primary N) is 1. The molecule has 7 heteroatoms. The zero-order chi connectivity index (χ0) is 17.2. The van der Waals surface area contributed by atoms with Gasteiger partial charge in [0.2, 0.25) is 5.89 Å². The highest BCUT2D eigenvalue weighted by Gasteiger charge is 2.34. The van der Waals surface area contributed by atoms with Crippen LogP contribution in [-0.4, -0.2) is 34.1 Å². The molecule has 1 amide bonds. The summed E-state index contributed by atoms with van der Waals surface area (Å²) in [6.45, 7) is 1.68. The molecule has 1 aliphatic carbocycles. The van der Waals surface area contributed by atoms with E-state index in [-0.39, 0.29) is 12.6 Å². The maximum atomic E-state index is 10.9. The summed E-state index contributed by atoms with van der Waals surface area (Å²) in [6, 6.07) is 7.96. The van der Waals surface area contributed by atoms with Crippen LogP contribution in [0.2, 0.25) is 0 Å². The Morgan fingerprint density at radius 1 is 1.36 bits per heavy atom. The smallest absolute Gasteiger partial charge is 0.255 e. The maximum Gasteiger partial charge on any atom is 0.255 e. The second-order valence-corrected chi connectivity index (χ2v) is 6.80. The first-order valence-electron chi connectivity index (χ1n) is 8.76. The lowest BCUT2D eigenvalue weighted by molar-refractivity contribution is -0.119. The number of carbonyl (C=O) groups excluding carboxylic acids is 1. The highest BCUT2D eigenvalue weighted by atomic mass is 16.5. The minimum absolute atomic E-state index is 0.109. The molecule has 1 aliphatic heterocycles. The number of nitrogens with zero attached hydrogens (tertiary/aromatic N) is 3. The van der Waals surface area contributed by atoms with Gasteiger partial charge in [-0.05, 0) is 49.9 Å². The van der Waals surface area contributed by atoms with E-state index in [1.165, 1.54) is 0 Å². The summed E-state index contributed by atoms with van der Waals surface area (Å²) in [6.07, 6.45) is 4.49. The second kappa shape index (κ2) is 6.84. The second-order valence-electron chi connectivity index (χ2n) is 6.80. The molecule has 0 unspecified atom stereocenters. The molecule has 25 heavy (non-hydrogen) atoms. The van der Waals surface area contributed by atoms with Gasteiger partial charge in [0.1, 0.15) is 5.75 Å². The van der Waals surface area contributed by atoms with Gasteiger partial charge in [0.05, 0.1) is 6.04 Å². The quantitative estimate of drug-likeness (QED) is 0.828. The Morgan fingerprint density at radius 3 is 3.04 bits per heavy atom. The highest BCUT2D eigenvalue weighted by Crippen LogP contribution is 2.40. The van der Waals surface area contributed by atoms with Gasteiger partial charge >= 0.3 is 0 Å². The molecule has 1 atom stereocenters. The molecule has 2 heterocycles. The number of benzene rings is 1. The minimum atomic E-state index is -0.478. The van der Waals surface area contributed by atoms with Crippen LogP contribution in [0.4, 0.5) is 0 Å². The van der Waals surface area contributed by atoms with E-state index >= 15 is 0 Å². The van der Waals surface area contributed by atoms with Gasteiger partial charge < -0.3 is 15.0 Å². The van der Waals surface area contributed by atoms with E-state index < -0.39 is 5.91 Å². The van der Waals surface area contributed by atoms with Crippen LogP contribution in [0.3, 0.4) is 0 Å². The van der Waals surface area contributed by atoms with Crippen molar-refractivity contribution in [2.45, 2.75) is 44.2 Å². The standard InChI is InChI=1S/C18H22N4O3/c19-16(23)11-24-14-4-1-3-12(9-14)10-22-8-2-5-15(22)17-20-18(25-21-17)13-6-7-13/h1,3-4,9,13,15H,2,5-8,10-11H2,(H2,19,23)/t15-/m0/s1. The molecule has 0 bridgehead atoms. The van der Waals surface area contributed by atoms with Crippen molar-refractivity contribution in [2.24, 2.45) is 5.73 Å². The number of amides is 1. The van der Waals surface area contributed by atoms with E-state index in [1.807, 2.05) is 18.2 Å². The number of ether oxygens (including phenoxy) is 1. The van der Waals surface area contributed by atoms with Crippen molar-refractivity contribution in [3.63, 3.8) is 0 Å². The third kappa shape index (κ3) is 3.82. The van der Waals surface area contributed by atoms with Gasteiger partial charge in [-0.25, -0.2) is 0 Å². The molecule has 1 saturated heterocycles.